The Morgan fingerprint density at radius 2 is 0.896 bits per heavy atom. The average Bonchev–Trinajstić information content (AvgIpc) is 3.17. The minimum Gasteiger partial charge on any atom is -0.264 e. The smallest absolute Gasteiger partial charge is 0.0717 e. The predicted octanol–water partition coefficient (Wildman–Crippen LogP) is 11.1. The van der Waals surface area contributed by atoms with Crippen LogP contribution in [0.15, 0.2) is 171 Å². The molecule has 0 saturated carbocycles. The van der Waals surface area contributed by atoms with Gasteiger partial charge < -0.3 is 0 Å². The molecule has 0 radical (unpaired) electrons. The summed E-state index contributed by atoms with van der Waals surface area (Å²) in [5.74, 6) is 0. The van der Waals surface area contributed by atoms with Crippen LogP contribution in [-0.2, 0) is 0 Å². The lowest BCUT2D eigenvalue weighted by molar-refractivity contribution is 1.28. The number of aromatic nitrogens is 4. The third kappa shape index (κ3) is 4.88. The van der Waals surface area contributed by atoms with Crippen LogP contribution in [0.3, 0.4) is 0 Å². The summed E-state index contributed by atoms with van der Waals surface area (Å²) in [7, 11) is 0. The second-order valence-corrected chi connectivity index (χ2v) is 12.0. The molecule has 9 aromatic rings. The summed E-state index contributed by atoms with van der Waals surface area (Å²) < 4.78 is 0. The highest BCUT2D eigenvalue weighted by atomic mass is 14.7. The zero-order valence-corrected chi connectivity index (χ0v) is 26.0. The van der Waals surface area contributed by atoms with Gasteiger partial charge in [0.2, 0.25) is 0 Å². The number of benzene rings is 5. The van der Waals surface area contributed by atoms with E-state index in [1.165, 1.54) is 43.4 Å². The molecule has 0 N–H and O–H groups in total. The van der Waals surface area contributed by atoms with E-state index in [-0.39, 0.29) is 0 Å². The first-order valence-electron chi connectivity index (χ1n) is 16.0. The Morgan fingerprint density at radius 1 is 0.333 bits per heavy atom. The van der Waals surface area contributed by atoms with E-state index >= 15 is 0 Å². The summed E-state index contributed by atoms with van der Waals surface area (Å²) in [5, 5.41) is 7.21. The van der Waals surface area contributed by atoms with Crippen molar-refractivity contribution in [1.82, 2.24) is 19.9 Å². The number of hydrogen-bond acceptors (Lipinski definition) is 4. The molecule has 0 amide bonds. The SMILES string of the molecule is c1cncc(-c2ccc(-c3cccc4c(-c5ccc6ccccc6c5)c5cccc(-c6ccc(-c7cccnc7)nc6)c5cc34)cn2)c1. The number of rotatable bonds is 5. The highest BCUT2D eigenvalue weighted by Crippen LogP contribution is 2.43. The van der Waals surface area contributed by atoms with Crippen molar-refractivity contribution in [2.75, 3.05) is 0 Å². The minimum atomic E-state index is 0.902. The maximum absolute atomic E-state index is 4.85. The summed E-state index contributed by atoms with van der Waals surface area (Å²) in [6.45, 7) is 0. The maximum atomic E-state index is 4.85. The third-order valence-electron chi connectivity index (χ3n) is 9.14. The molecule has 0 spiro atoms. The molecule has 5 aromatic carbocycles. The Balaban J connectivity index is 1.28. The van der Waals surface area contributed by atoms with Crippen molar-refractivity contribution >= 4 is 32.3 Å². The van der Waals surface area contributed by atoms with Crippen LogP contribution in [0.4, 0.5) is 0 Å². The molecule has 0 fully saturated rings. The van der Waals surface area contributed by atoms with Gasteiger partial charge in [-0.15, -0.1) is 0 Å². The van der Waals surface area contributed by atoms with E-state index in [0.29, 0.717) is 0 Å². The van der Waals surface area contributed by atoms with Crippen molar-refractivity contribution in [2.45, 2.75) is 0 Å². The van der Waals surface area contributed by atoms with E-state index in [4.69, 9.17) is 9.97 Å². The van der Waals surface area contributed by atoms with E-state index in [0.717, 1.165) is 44.8 Å². The van der Waals surface area contributed by atoms with Gasteiger partial charge in [-0.25, -0.2) is 0 Å². The van der Waals surface area contributed by atoms with Crippen LogP contribution in [0, 0.1) is 0 Å². The predicted molar refractivity (Wildman–Crippen MR) is 197 cm³/mol. The third-order valence-corrected chi connectivity index (χ3v) is 9.14. The molecular formula is C44H28N4. The Kier molecular flexibility index (Phi) is 6.76. The van der Waals surface area contributed by atoms with Crippen molar-refractivity contribution < 1.29 is 0 Å². The first kappa shape index (κ1) is 27.8. The van der Waals surface area contributed by atoms with E-state index in [1.54, 1.807) is 12.4 Å². The van der Waals surface area contributed by atoms with Crippen LogP contribution in [0.1, 0.15) is 0 Å². The molecule has 0 aliphatic rings. The Bertz CT molecular complexity index is 2440. The Labute approximate surface area is 278 Å². The number of nitrogens with zero attached hydrogens (tertiary/aromatic N) is 4. The molecular weight excluding hydrogens is 585 g/mol. The lowest BCUT2D eigenvalue weighted by Crippen LogP contribution is -1.92. The zero-order valence-electron chi connectivity index (χ0n) is 26.0. The van der Waals surface area contributed by atoms with Gasteiger partial charge in [0.1, 0.15) is 0 Å². The number of pyridine rings is 4. The first-order chi connectivity index (χ1) is 23.8. The lowest BCUT2D eigenvalue weighted by atomic mass is 9.86. The summed E-state index contributed by atoms with van der Waals surface area (Å²) in [6, 6.07) is 47.4. The molecule has 4 heteroatoms. The monoisotopic (exact) mass is 612 g/mol. The summed E-state index contributed by atoms with van der Waals surface area (Å²) in [5.41, 5.74) is 10.6. The largest absolute Gasteiger partial charge is 0.264 e. The molecule has 9 rings (SSSR count). The van der Waals surface area contributed by atoms with Crippen LogP contribution >= 0.6 is 0 Å². The van der Waals surface area contributed by atoms with Gasteiger partial charge in [0, 0.05) is 59.4 Å². The van der Waals surface area contributed by atoms with Crippen LogP contribution in [0.25, 0.3) is 88.2 Å². The standard InChI is InChI=1S/C44H28N4/c1-2-8-30-23-31(16-15-29(30)7-1)44-38-13-3-11-36(32-17-19-42(47-27-32)34-9-5-21-45-25-34)40(38)24-41-37(12-4-14-39(41)44)33-18-20-43(48-28-33)35-10-6-22-46-26-35/h1-28H. The zero-order chi connectivity index (χ0) is 31.9. The van der Waals surface area contributed by atoms with Gasteiger partial charge in [0.05, 0.1) is 11.4 Å². The van der Waals surface area contributed by atoms with E-state index in [2.05, 4.69) is 119 Å². The fourth-order valence-corrected chi connectivity index (χ4v) is 6.80. The lowest BCUT2D eigenvalue weighted by Gasteiger charge is -2.18. The number of fused-ring (bicyclic) bond motifs is 3. The molecule has 0 bridgehead atoms. The topological polar surface area (TPSA) is 51.6 Å². The highest BCUT2D eigenvalue weighted by molar-refractivity contribution is 6.19. The van der Waals surface area contributed by atoms with Crippen molar-refractivity contribution in [2.24, 2.45) is 0 Å². The van der Waals surface area contributed by atoms with Crippen LogP contribution in [0.5, 0.6) is 0 Å². The molecule has 0 atom stereocenters. The molecule has 0 saturated heterocycles. The second-order valence-electron chi connectivity index (χ2n) is 12.0. The van der Waals surface area contributed by atoms with E-state index in [1.807, 2.05) is 49.1 Å². The quantitative estimate of drug-likeness (QED) is 0.181. The fourth-order valence-electron chi connectivity index (χ4n) is 6.80. The molecule has 4 nitrogen and oxygen atoms in total. The highest BCUT2D eigenvalue weighted by Gasteiger charge is 2.17. The summed E-state index contributed by atoms with van der Waals surface area (Å²) in [6.07, 6.45) is 11.2. The summed E-state index contributed by atoms with van der Waals surface area (Å²) >= 11 is 0. The van der Waals surface area contributed by atoms with Crippen molar-refractivity contribution in [1.29, 1.82) is 0 Å². The van der Waals surface area contributed by atoms with Crippen molar-refractivity contribution in [3.8, 4) is 55.9 Å². The number of hydrogen-bond donors (Lipinski definition) is 0. The molecule has 0 unspecified atom stereocenters. The van der Waals surface area contributed by atoms with Crippen LogP contribution in [-0.4, -0.2) is 19.9 Å². The van der Waals surface area contributed by atoms with Gasteiger partial charge in [-0.05, 0) is 103 Å². The minimum absolute atomic E-state index is 0.902. The Hall–Kier alpha value is -6.52. The average molecular weight is 613 g/mol. The van der Waals surface area contributed by atoms with Crippen LogP contribution in [0.2, 0.25) is 0 Å². The van der Waals surface area contributed by atoms with Gasteiger partial charge >= 0.3 is 0 Å². The molecule has 224 valence electrons. The molecule has 0 aliphatic heterocycles. The Morgan fingerprint density at radius 3 is 1.42 bits per heavy atom. The van der Waals surface area contributed by atoms with Gasteiger partial charge in [0.25, 0.3) is 0 Å². The fraction of sp³-hybridized carbons (Fsp3) is 0. The molecule has 48 heavy (non-hydrogen) atoms. The normalized spacial score (nSPS) is 11.3. The van der Waals surface area contributed by atoms with Gasteiger partial charge in [-0.2, -0.15) is 0 Å². The second kappa shape index (κ2) is 11.7. The first-order valence-corrected chi connectivity index (χ1v) is 16.0. The molecule has 4 aromatic heterocycles. The van der Waals surface area contributed by atoms with Gasteiger partial charge in [-0.3, -0.25) is 19.9 Å². The van der Waals surface area contributed by atoms with E-state index < -0.39 is 0 Å². The maximum Gasteiger partial charge on any atom is 0.0717 e. The summed E-state index contributed by atoms with van der Waals surface area (Å²) in [4.78, 5) is 18.3. The van der Waals surface area contributed by atoms with Crippen LogP contribution < -0.4 is 0 Å². The molecule has 4 heterocycles. The molecule has 0 aliphatic carbocycles. The van der Waals surface area contributed by atoms with Gasteiger partial charge in [0.15, 0.2) is 0 Å². The van der Waals surface area contributed by atoms with Gasteiger partial charge in [-0.1, -0.05) is 84.9 Å². The van der Waals surface area contributed by atoms with Crippen molar-refractivity contribution in [3.05, 3.63) is 171 Å². The van der Waals surface area contributed by atoms with E-state index in [9.17, 15) is 0 Å². The van der Waals surface area contributed by atoms with Crippen molar-refractivity contribution in [3.63, 3.8) is 0 Å².